The molecule has 1 amide bonds. The predicted molar refractivity (Wildman–Crippen MR) is 105 cm³/mol. The van der Waals surface area contributed by atoms with Crippen LogP contribution in [-0.2, 0) is 6.54 Å². The Morgan fingerprint density at radius 1 is 0.929 bits per heavy atom. The molecule has 2 aromatic carbocycles. The highest BCUT2D eigenvalue weighted by Crippen LogP contribution is 2.21. The SMILES string of the molecule is O=C(Nc1cccc2cccnc12)c1ccc(NCc2ccc(F)cc2)nn1. The summed E-state index contributed by atoms with van der Waals surface area (Å²) < 4.78 is 12.9. The highest BCUT2D eigenvalue weighted by Gasteiger charge is 2.11. The van der Waals surface area contributed by atoms with E-state index in [2.05, 4.69) is 25.8 Å². The minimum atomic E-state index is -0.365. The fourth-order valence-electron chi connectivity index (χ4n) is 2.73. The molecule has 0 saturated heterocycles. The van der Waals surface area contributed by atoms with Crippen LogP contribution in [-0.4, -0.2) is 21.1 Å². The van der Waals surface area contributed by atoms with Gasteiger partial charge in [-0.05, 0) is 42.0 Å². The van der Waals surface area contributed by atoms with E-state index in [1.54, 1.807) is 36.5 Å². The van der Waals surface area contributed by atoms with Gasteiger partial charge in [0, 0.05) is 18.1 Å². The maximum atomic E-state index is 12.9. The minimum absolute atomic E-state index is 0.195. The lowest BCUT2D eigenvalue weighted by atomic mass is 10.2. The Morgan fingerprint density at radius 3 is 2.54 bits per heavy atom. The Bertz CT molecular complexity index is 1110. The van der Waals surface area contributed by atoms with Crippen molar-refractivity contribution in [3.63, 3.8) is 0 Å². The number of carbonyl (C=O) groups is 1. The fraction of sp³-hybridized carbons (Fsp3) is 0.0476. The van der Waals surface area contributed by atoms with Gasteiger partial charge in [0.15, 0.2) is 5.69 Å². The molecule has 0 saturated carbocycles. The summed E-state index contributed by atoms with van der Waals surface area (Å²) in [6.45, 7) is 0.474. The predicted octanol–water partition coefficient (Wildman–Crippen LogP) is 4.03. The largest absolute Gasteiger partial charge is 0.365 e. The lowest BCUT2D eigenvalue weighted by Gasteiger charge is -2.08. The highest BCUT2D eigenvalue weighted by molar-refractivity contribution is 6.07. The van der Waals surface area contributed by atoms with Crippen LogP contribution in [0, 0.1) is 5.82 Å². The smallest absolute Gasteiger partial charge is 0.276 e. The van der Waals surface area contributed by atoms with E-state index in [-0.39, 0.29) is 17.4 Å². The zero-order chi connectivity index (χ0) is 19.3. The molecule has 0 fully saturated rings. The van der Waals surface area contributed by atoms with Crippen molar-refractivity contribution in [2.24, 2.45) is 0 Å². The van der Waals surface area contributed by atoms with Crippen molar-refractivity contribution < 1.29 is 9.18 Å². The quantitative estimate of drug-likeness (QED) is 0.552. The number of hydrogen-bond donors (Lipinski definition) is 2. The summed E-state index contributed by atoms with van der Waals surface area (Å²) in [6.07, 6.45) is 1.68. The van der Waals surface area contributed by atoms with E-state index in [9.17, 15) is 9.18 Å². The number of aromatic nitrogens is 3. The molecular weight excluding hydrogens is 357 g/mol. The highest BCUT2D eigenvalue weighted by atomic mass is 19.1. The third-order valence-corrected chi connectivity index (χ3v) is 4.16. The summed E-state index contributed by atoms with van der Waals surface area (Å²) in [6, 6.07) is 18.8. The number of benzene rings is 2. The van der Waals surface area contributed by atoms with Crippen molar-refractivity contribution in [1.82, 2.24) is 15.2 Å². The van der Waals surface area contributed by atoms with Crippen molar-refractivity contribution in [2.45, 2.75) is 6.54 Å². The van der Waals surface area contributed by atoms with Crippen LogP contribution in [0.3, 0.4) is 0 Å². The van der Waals surface area contributed by atoms with Gasteiger partial charge in [-0.1, -0.05) is 30.3 Å². The number of hydrogen-bond acceptors (Lipinski definition) is 5. The molecular formula is C21H16FN5O. The Balaban J connectivity index is 1.43. The first-order valence-corrected chi connectivity index (χ1v) is 8.66. The summed E-state index contributed by atoms with van der Waals surface area (Å²) >= 11 is 0. The zero-order valence-electron chi connectivity index (χ0n) is 14.8. The molecule has 0 aliphatic carbocycles. The molecule has 2 N–H and O–H groups in total. The van der Waals surface area contributed by atoms with Gasteiger partial charge in [0.2, 0.25) is 0 Å². The Morgan fingerprint density at radius 2 is 1.75 bits per heavy atom. The van der Waals surface area contributed by atoms with Gasteiger partial charge in [-0.2, -0.15) is 0 Å². The van der Waals surface area contributed by atoms with Crippen molar-refractivity contribution in [2.75, 3.05) is 10.6 Å². The van der Waals surface area contributed by atoms with E-state index in [0.717, 1.165) is 10.9 Å². The first-order chi connectivity index (χ1) is 13.7. The third-order valence-electron chi connectivity index (χ3n) is 4.16. The number of amides is 1. The van der Waals surface area contributed by atoms with Crippen LogP contribution in [0.25, 0.3) is 10.9 Å². The molecule has 7 heteroatoms. The van der Waals surface area contributed by atoms with E-state index < -0.39 is 0 Å². The van der Waals surface area contributed by atoms with Gasteiger partial charge in [-0.15, -0.1) is 10.2 Å². The van der Waals surface area contributed by atoms with Crippen molar-refractivity contribution in [3.8, 4) is 0 Å². The monoisotopic (exact) mass is 373 g/mol. The van der Waals surface area contributed by atoms with Crippen LogP contribution >= 0.6 is 0 Å². The molecule has 0 aliphatic heterocycles. The van der Waals surface area contributed by atoms with Crippen LogP contribution in [0.15, 0.2) is 72.9 Å². The maximum absolute atomic E-state index is 12.9. The molecule has 0 aliphatic rings. The van der Waals surface area contributed by atoms with Crippen LogP contribution in [0.2, 0.25) is 0 Å². The van der Waals surface area contributed by atoms with Crippen LogP contribution in [0.4, 0.5) is 15.9 Å². The van der Waals surface area contributed by atoms with Crippen LogP contribution in [0.5, 0.6) is 0 Å². The number of fused-ring (bicyclic) bond motifs is 1. The molecule has 138 valence electrons. The second-order valence-electron chi connectivity index (χ2n) is 6.12. The number of carbonyl (C=O) groups excluding carboxylic acids is 1. The Hall–Kier alpha value is -3.87. The van der Waals surface area contributed by atoms with Crippen molar-refractivity contribution in [1.29, 1.82) is 0 Å². The molecule has 4 aromatic rings. The molecule has 4 rings (SSSR count). The normalized spacial score (nSPS) is 10.6. The molecule has 0 atom stereocenters. The lowest BCUT2D eigenvalue weighted by Crippen LogP contribution is -2.15. The first kappa shape index (κ1) is 17.5. The van der Waals surface area contributed by atoms with Gasteiger partial charge < -0.3 is 10.6 Å². The van der Waals surface area contributed by atoms with Crippen LogP contribution in [0.1, 0.15) is 16.1 Å². The minimum Gasteiger partial charge on any atom is -0.365 e. The standard InChI is InChI=1S/C21H16FN5O/c22-16-8-6-14(7-9-16)13-24-19-11-10-18(26-27-19)21(28)25-17-5-1-3-15-4-2-12-23-20(15)17/h1-12H,13H2,(H,24,27)(H,25,28). The Labute approximate surface area is 160 Å². The molecule has 0 spiro atoms. The number of anilines is 2. The topological polar surface area (TPSA) is 79.8 Å². The van der Waals surface area contributed by atoms with Gasteiger partial charge >= 0.3 is 0 Å². The van der Waals surface area contributed by atoms with E-state index >= 15 is 0 Å². The van der Waals surface area contributed by atoms with Gasteiger partial charge in [0.05, 0.1) is 11.2 Å². The average Bonchev–Trinajstić information content (AvgIpc) is 2.74. The van der Waals surface area contributed by atoms with Gasteiger partial charge in [-0.25, -0.2) is 4.39 Å². The zero-order valence-corrected chi connectivity index (χ0v) is 14.8. The van der Waals surface area contributed by atoms with E-state index in [1.165, 1.54) is 12.1 Å². The van der Waals surface area contributed by atoms with Gasteiger partial charge in [0.1, 0.15) is 11.6 Å². The van der Waals surface area contributed by atoms with Crippen LogP contribution < -0.4 is 10.6 Å². The molecule has 28 heavy (non-hydrogen) atoms. The molecule has 2 heterocycles. The second-order valence-corrected chi connectivity index (χ2v) is 6.12. The number of nitrogens with one attached hydrogen (secondary N) is 2. The average molecular weight is 373 g/mol. The molecule has 0 radical (unpaired) electrons. The van der Waals surface area contributed by atoms with Crippen molar-refractivity contribution in [3.05, 3.63) is 90.0 Å². The molecule has 0 unspecified atom stereocenters. The fourth-order valence-corrected chi connectivity index (χ4v) is 2.73. The number of rotatable bonds is 5. The van der Waals surface area contributed by atoms with Gasteiger partial charge in [0.25, 0.3) is 5.91 Å². The van der Waals surface area contributed by atoms with E-state index in [0.29, 0.717) is 23.6 Å². The second kappa shape index (κ2) is 7.79. The summed E-state index contributed by atoms with van der Waals surface area (Å²) in [5.41, 5.74) is 2.43. The third kappa shape index (κ3) is 3.93. The first-order valence-electron chi connectivity index (χ1n) is 8.66. The molecule has 0 bridgehead atoms. The number of pyridine rings is 1. The Kier molecular flexibility index (Phi) is 4.88. The van der Waals surface area contributed by atoms with Crippen molar-refractivity contribution >= 4 is 28.3 Å². The summed E-state index contributed by atoms with van der Waals surface area (Å²) in [5, 5.41) is 14.8. The summed E-state index contributed by atoms with van der Waals surface area (Å²) in [5.74, 6) is -0.122. The molecule has 2 aromatic heterocycles. The summed E-state index contributed by atoms with van der Waals surface area (Å²) in [7, 11) is 0. The maximum Gasteiger partial charge on any atom is 0.276 e. The van der Waals surface area contributed by atoms with E-state index in [4.69, 9.17) is 0 Å². The molecule has 6 nitrogen and oxygen atoms in total. The number of nitrogens with zero attached hydrogens (tertiary/aromatic N) is 3. The van der Waals surface area contributed by atoms with E-state index in [1.807, 2.05) is 24.3 Å². The number of halogens is 1. The summed E-state index contributed by atoms with van der Waals surface area (Å²) in [4.78, 5) is 16.8. The lowest BCUT2D eigenvalue weighted by molar-refractivity contribution is 0.102. The van der Waals surface area contributed by atoms with Gasteiger partial charge in [-0.3, -0.25) is 9.78 Å². The number of para-hydroxylation sites is 1.